The molecule has 0 aliphatic carbocycles. The van der Waals surface area contributed by atoms with Crippen molar-refractivity contribution >= 4 is 11.9 Å². The molecule has 19 heavy (non-hydrogen) atoms. The first-order valence-electron chi connectivity index (χ1n) is 6.13. The van der Waals surface area contributed by atoms with E-state index in [1.807, 2.05) is 6.92 Å². The second-order valence-electron chi connectivity index (χ2n) is 4.57. The molecule has 0 spiro atoms. The number of ether oxygens (including phenoxy) is 1. The molecule has 0 heterocycles. The number of carboxylic acids is 1. The van der Waals surface area contributed by atoms with Crippen LogP contribution in [-0.4, -0.2) is 29.6 Å². The summed E-state index contributed by atoms with van der Waals surface area (Å²) in [6.07, 6.45) is 1.05. The Hall–Kier alpha value is -2.04. The highest BCUT2D eigenvalue weighted by Gasteiger charge is 2.33. The third-order valence-corrected chi connectivity index (χ3v) is 2.96. The molecule has 1 aromatic rings. The van der Waals surface area contributed by atoms with Crippen molar-refractivity contribution in [2.24, 2.45) is 0 Å². The molecule has 0 aromatic heterocycles. The van der Waals surface area contributed by atoms with Crippen LogP contribution in [0, 0.1) is 0 Å². The Bertz CT molecular complexity index is 455. The first kappa shape index (κ1) is 15.0. The van der Waals surface area contributed by atoms with E-state index >= 15 is 0 Å². The fourth-order valence-corrected chi connectivity index (χ4v) is 1.79. The Labute approximate surface area is 112 Å². The zero-order valence-electron chi connectivity index (χ0n) is 11.4. The average Bonchev–Trinajstić information content (AvgIpc) is 2.38. The van der Waals surface area contributed by atoms with Gasteiger partial charge in [-0.2, -0.15) is 0 Å². The Morgan fingerprint density at radius 3 is 2.32 bits per heavy atom. The molecule has 0 saturated carbocycles. The summed E-state index contributed by atoms with van der Waals surface area (Å²) in [6, 6.07) is 6.52. The summed E-state index contributed by atoms with van der Waals surface area (Å²) < 4.78 is 5.00. The van der Waals surface area contributed by atoms with E-state index in [1.165, 1.54) is 14.0 Å². The Morgan fingerprint density at radius 2 is 1.89 bits per heavy atom. The summed E-state index contributed by atoms with van der Waals surface area (Å²) in [6.45, 7) is 3.39. The quantitative estimate of drug-likeness (QED) is 0.825. The van der Waals surface area contributed by atoms with Crippen molar-refractivity contribution < 1.29 is 19.4 Å². The Morgan fingerprint density at radius 1 is 1.32 bits per heavy atom. The van der Waals surface area contributed by atoms with Gasteiger partial charge in [-0.25, -0.2) is 4.79 Å². The van der Waals surface area contributed by atoms with Gasteiger partial charge in [0, 0.05) is 5.56 Å². The van der Waals surface area contributed by atoms with E-state index in [0.29, 0.717) is 24.2 Å². The summed E-state index contributed by atoms with van der Waals surface area (Å²) in [5.41, 5.74) is -0.837. The van der Waals surface area contributed by atoms with Gasteiger partial charge in [0.05, 0.1) is 7.11 Å². The molecule has 5 heteroatoms. The lowest BCUT2D eigenvalue weighted by molar-refractivity contribution is -0.144. The molecule has 1 rings (SSSR count). The van der Waals surface area contributed by atoms with Crippen molar-refractivity contribution in [3.8, 4) is 5.75 Å². The van der Waals surface area contributed by atoms with Crippen molar-refractivity contribution in [3.05, 3.63) is 29.8 Å². The lowest BCUT2D eigenvalue weighted by Crippen LogP contribution is -2.52. The van der Waals surface area contributed by atoms with E-state index in [1.54, 1.807) is 24.3 Å². The molecule has 5 nitrogen and oxygen atoms in total. The second kappa shape index (κ2) is 6.22. The summed E-state index contributed by atoms with van der Waals surface area (Å²) in [5, 5.41) is 11.8. The zero-order chi connectivity index (χ0) is 14.5. The molecular formula is C14H19NO4. The van der Waals surface area contributed by atoms with Crippen molar-refractivity contribution in [1.29, 1.82) is 0 Å². The summed E-state index contributed by atoms with van der Waals surface area (Å²) >= 11 is 0. The van der Waals surface area contributed by atoms with Gasteiger partial charge < -0.3 is 15.2 Å². The summed E-state index contributed by atoms with van der Waals surface area (Å²) in [5.74, 6) is -0.789. The number of hydrogen-bond donors (Lipinski definition) is 2. The van der Waals surface area contributed by atoms with Crippen LogP contribution < -0.4 is 10.1 Å². The summed E-state index contributed by atoms with van der Waals surface area (Å²) in [4.78, 5) is 23.3. The number of nitrogens with one attached hydrogen (secondary N) is 1. The topological polar surface area (TPSA) is 75.6 Å². The van der Waals surface area contributed by atoms with Crippen LogP contribution in [0.4, 0.5) is 0 Å². The summed E-state index contributed by atoms with van der Waals surface area (Å²) in [7, 11) is 1.54. The molecule has 0 saturated heterocycles. The van der Waals surface area contributed by atoms with Crippen LogP contribution in [0.1, 0.15) is 37.0 Å². The monoisotopic (exact) mass is 265 g/mol. The number of rotatable bonds is 6. The smallest absolute Gasteiger partial charge is 0.329 e. The molecule has 1 atom stereocenters. The fraction of sp³-hybridized carbons (Fsp3) is 0.429. The van der Waals surface area contributed by atoms with Gasteiger partial charge in [0.15, 0.2) is 0 Å². The van der Waals surface area contributed by atoms with E-state index in [9.17, 15) is 14.7 Å². The van der Waals surface area contributed by atoms with Crippen LogP contribution in [0.5, 0.6) is 5.75 Å². The van der Waals surface area contributed by atoms with Crippen molar-refractivity contribution in [3.63, 3.8) is 0 Å². The molecule has 2 N–H and O–H groups in total. The van der Waals surface area contributed by atoms with Gasteiger partial charge in [-0.05, 0) is 37.6 Å². The van der Waals surface area contributed by atoms with E-state index in [2.05, 4.69) is 5.32 Å². The highest BCUT2D eigenvalue weighted by molar-refractivity contribution is 5.97. The van der Waals surface area contributed by atoms with Crippen LogP contribution >= 0.6 is 0 Å². The molecule has 1 unspecified atom stereocenters. The Balaban J connectivity index is 2.84. The molecule has 1 aromatic carbocycles. The largest absolute Gasteiger partial charge is 0.497 e. The number of carbonyl (C=O) groups excluding carboxylic acids is 1. The molecular weight excluding hydrogens is 246 g/mol. The zero-order valence-corrected chi connectivity index (χ0v) is 11.4. The minimum Gasteiger partial charge on any atom is -0.497 e. The molecule has 0 fully saturated rings. The molecule has 0 radical (unpaired) electrons. The molecule has 0 aliphatic rings. The number of methoxy groups -OCH3 is 1. The minimum atomic E-state index is -1.24. The molecule has 1 amide bonds. The maximum Gasteiger partial charge on any atom is 0.329 e. The minimum absolute atomic E-state index is 0.379. The third-order valence-electron chi connectivity index (χ3n) is 2.96. The molecule has 0 aliphatic heterocycles. The van der Waals surface area contributed by atoms with E-state index in [0.717, 1.165) is 0 Å². The highest BCUT2D eigenvalue weighted by atomic mass is 16.5. The number of benzene rings is 1. The standard InChI is InChI=1S/C14H19NO4/c1-4-9-14(2,13(17)18)15-12(16)10-5-7-11(19-3)8-6-10/h5-8H,4,9H2,1-3H3,(H,15,16)(H,17,18). The maximum atomic E-state index is 12.0. The van der Waals surface area contributed by atoms with Crippen molar-refractivity contribution in [1.82, 2.24) is 5.32 Å². The lowest BCUT2D eigenvalue weighted by Gasteiger charge is -2.25. The van der Waals surface area contributed by atoms with Gasteiger partial charge in [-0.1, -0.05) is 13.3 Å². The molecule has 104 valence electrons. The van der Waals surface area contributed by atoms with Gasteiger partial charge in [-0.3, -0.25) is 4.79 Å². The SMILES string of the molecule is CCCC(C)(NC(=O)c1ccc(OC)cc1)C(=O)O. The highest BCUT2D eigenvalue weighted by Crippen LogP contribution is 2.16. The van der Waals surface area contributed by atoms with Crippen LogP contribution in [0.2, 0.25) is 0 Å². The van der Waals surface area contributed by atoms with E-state index in [-0.39, 0.29) is 0 Å². The number of hydrogen-bond acceptors (Lipinski definition) is 3. The lowest BCUT2D eigenvalue weighted by atomic mass is 9.96. The van der Waals surface area contributed by atoms with Gasteiger partial charge in [0.25, 0.3) is 5.91 Å². The van der Waals surface area contributed by atoms with E-state index < -0.39 is 17.4 Å². The number of amides is 1. The van der Waals surface area contributed by atoms with Gasteiger partial charge in [0.2, 0.25) is 0 Å². The first-order chi connectivity index (χ1) is 8.92. The number of carbonyl (C=O) groups is 2. The van der Waals surface area contributed by atoms with Crippen LogP contribution in [0.25, 0.3) is 0 Å². The fourth-order valence-electron chi connectivity index (χ4n) is 1.79. The Kier molecular flexibility index (Phi) is 4.92. The van der Waals surface area contributed by atoms with Gasteiger partial charge in [-0.15, -0.1) is 0 Å². The first-order valence-corrected chi connectivity index (χ1v) is 6.13. The van der Waals surface area contributed by atoms with Crippen molar-refractivity contribution in [2.75, 3.05) is 7.11 Å². The second-order valence-corrected chi connectivity index (χ2v) is 4.57. The van der Waals surface area contributed by atoms with Crippen LogP contribution in [-0.2, 0) is 4.79 Å². The average molecular weight is 265 g/mol. The number of aliphatic carboxylic acids is 1. The van der Waals surface area contributed by atoms with Crippen molar-refractivity contribution in [2.45, 2.75) is 32.2 Å². The third kappa shape index (κ3) is 3.71. The predicted molar refractivity (Wildman–Crippen MR) is 71.4 cm³/mol. The predicted octanol–water partition coefficient (Wildman–Crippen LogP) is 2.07. The van der Waals surface area contributed by atoms with Crippen LogP contribution in [0.15, 0.2) is 24.3 Å². The number of carboxylic acid groups (broad SMARTS) is 1. The van der Waals surface area contributed by atoms with Gasteiger partial charge >= 0.3 is 5.97 Å². The molecule has 0 bridgehead atoms. The normalized spacial score (nSPS) is 13.4. The maximum absolute atomic E-state index is 12.0. The van der Waals surface area contributed by atoms with E-state index in [4.69, 9.17) is 4.74 Å². The van der Waals surface area contributed by atoms with Crippen LogP contribution in [0.3, 0.4) is 0 Å². The van der Waals surface area contributed by atoms with Gasteiger partial charge in [0.1, 0.15) is 11.3 Å².